The summed E-state index contributed by atoms with van der Waals surface area (Å²) in [6.45, 7) is 6.24. The topological polar surface area (TPSA) is 45.8 Å². The lowest BCUT2D eigenvalue weighted by Crippen LogP contribution is -2.15. The smallest absolute Gasteiger partial charge is 0.265 e. The van der Waals surface area contributed by atoms with Crippen molar-refractivity contribution in [3.05, 3.63) is 50.3 Å². The number of halogens is 1. The van der Waals surface area contributed by atoms with Crippen LogP contribution in [0.15, 0.2) is 33.5 Å². The number of aromatic nitrogens is 2. The van der Waals surface area contributed by atoms with Crippen molar-refractivity contribution in [3.8, 4) is 11.4 Å². The molecule has 0 aliphatic rings. The Morgan fingerprint density at radius 1 is 1.32 bits per heavy atom. The lowest BCUT2D eigenvalue weighted by Gasteiger charge is -2.10. The second-order valence-corrected chi connectivity index (χ2v) is 5.88. The lowest BCUT2D eigenvalue weighted by molar-refractivity contribution is 0.631. The molecule has 1 N–H and O–H groups in total. The largest absolute Gasteiger partial charge is 0.306 e. The molecule has 0 unspecified atom stereocenters. The van der Waals surface area contributed by atoms with E-state index in [1.165, 1.54) is 0 Å². The first-order valence-electron chi connectivity index (χ1n) is 6.33. The van der Waals surface area contributed by atoms with Crippen molar-refractivity contribution in [2.45, 2.75) is 27.2 Å². The van der Waals surface area contributed by atoms with E-state index in [-0.39, 0.29) is 5.56 Å². The van der Waals surface area contributed by atoms with E-state index >= 15 is 0 Å². The summed E-state index contributed by atoms with van der Waals surface area (Å²) in [4.78, 5) is 19.4. The van der Waals surface area contributed by atoms with Gasteiger partial charge in [-0.05, 0) is 40.8 Å². The molecule has 0 radical (unpaired) electrons. The molecular formula is C15H17BrN2O. The van der Waals surface area contributed by atoms with Gasteiger partial charge in [0, 0.05) is 5.56 Å². The number of aryl methyl sites for hydroxylation is 1. The molecule has 0 aliphatic carbocycles. The van der Waals surface area contributed by atoms with Gasteiger partial charge in [-0.2, -0.15) is 0 Å². The van der Waals surface area contributed by atoms with E-state index in [0.29, 0.717) is 16.2 Å². The third-order valence-electron chi connectivity index (χ3n) is 2.93. The van der Waals surface area contributed by atoms with Crippen molar-refractivity contribution in [2.75, 3.05) is 0 Å². The van der Waals surface area contributed by atoms with Gasteiger partial charge in [0.15, 0.2) is 0 Å². The Bertz CT molecular complexity index is 647. The van der Waals surface area contributed by atoms with Crippen LogP contribution in [-0.2, 0) is 6.42 Å². The molecule has 0 saturated carbocycles. The number of H-pyrrole nitrogens is 1. The average molecular weight is 321 g/mol. The molecule has 100 valence electrons. The highest BCUT2D eigenvalue weighted by atomic mass is 79.9. The van der Waals surface area contributed by atoms with Crippen LogP contribution in [-0.4, -0.2) is 9.97 Å². The third kappa shape index (κ3) is 3.13. The second kappa shape index (κ2) is 5.70. The van der Waals surface area contributed by atoms with Crippen molar-refractivity contribution >= 4 is 15.9 Å². The zero-order valence-corrected chi connectivity index (χ0v) is 12.9. The van der Waals surface area contributed by atoms with Crippen LogP contribution in [0.4, 0.5) is 0 Å². The molecule has 4 heteroatoms. The van der Waals surface area contributed by atoms with Crippen molar-refractivity contribution in [2.24, 2.45) is 5.92 Å². The van der Waals surface area contributed by atoms with Crippen LogP contribution < -0.4 is 5.56 Å². The molecule has 1 heterocycles. The minimum Gasteiger partial charge on any atom is -0.306 e. The summed E-state index contributed by atoms with van der Waals surface area (Å²) in [5.41, 5.74) is 2.77. The van der Waals surface area contributed by atoms with Gasteiger partial charge in [-0.3, -0.25) is 4.79 Å². The van der Waals surface area contributed by atoms with Crippen LogP contribution in [0.5, 0.6) is 0 Å². The first-order valence-corrected chi connectivity index (χ1v) is 7.13. The highest BCUT2D eigenvalue weighted by Crippen LogP contribution is 2.21. The fraction of sp³-hybridized carbons (Fsp3) is 0.333. The van der Waals surface area contributed by atoms with Gasteiger partial charge in [0.05, 0.1) is 5.69 Å². The summed E-state index contributed by atoms with van der Waals surface area (Å²) in [5, 5.41) is 0. The quantitative estimate of drug-likeness (QED) is 0.937. The van der Waals surface area contributed by atoms with Gasteiger partial charge in [0.1, 0.15) is 10.3 Å². The Kier molecular flexibility index (Phi) is 4.20. The predicted molar refractivity (Wildman–Crippen MR) is 81.3 cm³/mol. The SMILES string of the molecule is Cc1ccccc1-c1nc(CC(C)C)c(Br)c(=O)[nH]1. The highest BCUT2D eigenvalue weighted by molar-refractivity contribution is 9.10. The molecule has 0 amide bonds. The number of hydrogen-bond donors (Lipinski definition) is 1. The monoisotopic (exact) mass is 320 g/mol. The van der Waals surface area contributed by atoms with E-state index in [9.17, 15) is 4.79 Å². The van der Waals surface area contributed by atoms with Crippen LogP contribution >= 0.6 is 15.9 Å². The molecule has 0 atom stereocenters. The number of aromatic amines is 1. The summed E-state index contributed by atoms with van der Waals surface area (Å²) in [7, 11) is 0. The van der Waals surface area contributed by atoms with E-state index in [0.717, 1.165) is 23.2 Å². The zero-order valence-electron chi connectivity index (χ0n) is 11.3. The Labute approximate surface area is 121 Å². The zero-order chi connectivity index (χ0) is 14.0. The van der Waals surface area contributed by atoms with E-state index < -0.39 is 0 Å². The normalized spacial score (nSPS) is 11.0. The van der Waals surface area contributed by atoms with E-state index in [1.54, 1.807) is 0 Å². The summed E-state index contributed by atoms with van der Waals surface area (Å²) in [5.74, 6) is 1.09. The minimum atomic E-state index is -0.121. The second-order valence-electron chi connectivity index (χ2n) is 5.09. The maximum Gasteiger partial charge on any atom is 0.265 e. The van der Waals surface area contributed by atoms with Gasteiger partial charge in [-0.25, -0.2) is 4.98 Å². The summed E-state index contributed by atoms with van der Waals surface area (Å²) < 4.78 is 0.540. The Morgan fingerprint density at radius 3 is 2.63 bits per heavy atom. The third-order valence-corrected chi connectivity index (χ3v) is 3.75. The van der Waals surface area contributed by atoms with Crippen LogP contribution in [0.1, 0.15) is 25.1 Å². The van der Waals surface area contributed by atoms with Gasteiger partial charge < -0.3 is 4.98 Å². The number of nitrogens with zero attached hydrogens (tertiary/aromatic N) is 1. The van der Waals surface area contributed by atoms with Crippen LogP contribution in [0, 0.1) is 12.8 Å². The Balaban J connectivity index is 2.57. The Hall–Kier alpha value is -1.42. The molecular weight excluding hydrogens is 304 g/mol. The van der Waals surface area contributed by atoms with Gasteiger partial charge in [0.25, 0.3) is 5.56 Å². The molecule has 0 bridgehead atoms. The lowest BCUT2D eigenvalue weighted by atomic mass is 10.1. The van der Waals surface area contributed by atoms with E-state index in [2.05, 4.69) is 39.7 Å². The summed E-state index contributed by atoms with van der Waals surface area (Å²) in [6, 6.07) is 7.91. The molecule has 2 rings (SSSR count). The average Bonchev–Trinajstić information content (AvgIpc) is 2.35. The standard InChI is InChI=1S/C15H17BrN2O/c1-9(2)8-12-13(16)15(19)18-14(17-12)11-7-5-4-6-10(11)3/h4-7,9H,8H2,1-3H3,(H,17,18,19). The molecule has 0 saturated heterocycles. The molecule has 1 aromatic carbocycles. The summed E-state index contributed by atoms with van der Waals surface area (Å²) in [6.07, 6.45) is 0.781. The van der Waals surface area contributed by atoms with E-state index in [1.807, 2.05) is 31.2 Å². The summed E-state index contributed by atoms with van der Waals surface area (Å²) >= 11 is 3.33. The number of nitrogens with one attached hydrogen (secondary N) is 1. The number of rotatable bonds is 3. The highest BCUT2D eigenvalue weighted by Gasteiger charge is 2.12. The van der Waals surface area contributed by atoms with Gasteiger partial charge in [0.2, 0.25) is 0 Å². The molecule has 2 aromatic rings. The van der Waals surface area contributed by atoms with Crippen LogP contribution in [0.2, 0.25) is 0 Å². The molecule has 0 fully saturated rings. The Morgan fingerprint density at radius 2 is 2.00 bits per heavy atom. The molecule has 0 aliphatic heterocycles. The van der Waals surface area contributed by atoms with Crippen molar-refractivity contribution in [3.63, 3.8) is 0 Å². The maximum atomic E-state index is 12.0. The first-order chi connectivity index (χ1) is 8.99. The van der Waals surface area contributed by atoms with Crippen molar-refractivity contribution < 1.29 is 0 Å². The number of benzene rings is 1. The molecule has 19 heavy (non-hydrogen) atoms. The fourth-order valence-corrected chi connectivity index (χ4v) is 2.34. The fourth-order valence-electron chi connectivity index (χ4n) is 1.99. The van der Waals surface area contributed by atoms with E-state index in [4.69, 9.17) is 0 Å². The first kappa shape index (κ1) is 14.0. The van der Waals surface area contributed by atoms with Gasteiger partial charge >= 0.3 is 0 Å². The molecule has 3 nitrogen and oxygen atoms in total. The molecule has 1 aromatic heterocycles. The molecule has 0 spiro atoms. The van der Waals surface area contributed by atoms with Crippen LogP contribution in [0.25, 0.3) is 11.4 Å². The van der Waals surface area contributed by atoms with Crippen molar-refractivity contribution in [1.29, 1.82) is 0 Å². The van der Waals surface area contributed by atoms with Crippen molar-refractivity contribution in [1.82, 2.24) is 9.97 Å². The number of hydrogen-bond acceptors (Lipinski definition) is 2. The van der Waals surface area contributed by atoms with Crippen LogP contribution in [0.3, 0.4) is 0 Å². The minimum absolute atomic E-state index is 0.121. The van der Waals surface area contributed by atoms with Gasteiger partial charge in [-0.1, -0.05) is 38.1 Å². The van der Waals surface area contributed by atoms with Gasteiger partial charge in [-0.15, -0.1) is 0 Å². The maximum absolute atomic E-state index is 12.0. The predicted octanol–water partition coefficient (Wildman–Crippen LogP) is 3.71.